The summed E-state index contributed by atoms with van der Waals surface area (Å²) >= 11 is 5.74. The minimum atomic E-state index is -0.764. The van der Waals surface area contributed by atoms with E-state index in [1.54, 1.807) is 30.3 Å². The van der Waals surface area contributed by atoms with Crippen LogP contribution in [0.1, 0.15) is 23.2 Å². The standard InChI is InChI=1S/C18H17ClN2O6.Na.H/c19-14-5-7-15(8-6-14)27-16(22)4-2-10-21-18(24)26-12-25-17(23)13-3-1-9-20-11-13;;/h1,3,5-9,11H,2,4,10,12H2,(H,21,24);;. The van der Waals surface area contributed by atoms with E-state index in [-0.39, 0.29) is 48.1 Å². The second-order valence-corrected chi connectivity index (χ2v) is 5.62. The molecule has 0 aliphatic carbocycles. The van der Waals surface area contributed by atoms with Gasteiger partial charge < -0.3 is 19.5 Å². The Hall–Kier alpha value is -2.13. The van der Waals surface area contributed by atoms with Crippen molar-refractivity contribution < 1.29 is 28.6 Å². The Balaban J connectivity index is 0.00000392. The Morgan fingerprint density at radius 3 is 2.50 bits per heavy atom. The Morgan fingerprint density at radius 2 is 1.82 bits per heavy atom. The molecule has 1 heterocycles. The van der Waals surface area contributed by atoms with Crippen LogP contribution in [0.4, 0.5) is 4.79 Å². The van der Waals surface area contributed by atoms with Crippen molar-refractivity contribution in [3.05, 3.63) is 59.4 Å². The van der Waals surface area contributed by atoms with Crippen LogP contribution in [0.15, 0.2) is 48.8 Å². The number of pyridine rings is 1. The predicted octanol–water partition coefficient (Wildman–Crippen LogP) is 2.31. The molecule has 10 heteroatoms. The van der Waals surface area contributed by atoms with Crippen molar-refractivity contribution in [3.8, 4) is 5.75 Å². The molecule has 0 spiro atoms. The number of amides is 1. The molecule has 0 saturated heterocycles. The van der Waals surface area contributed by atoms with E-state index >= 15 is 0 Å². The van der Waals surface area contributed by atoms with Gasteiger partial charge in [0, 0.05) is 30.4 Å². The van der Waals surface area contributed by atoms with E-state index in [1.165, 1.54) is 18.5 Å². The Bertz CT molecular complexity index is 773. The van der Waals surface area contributed by atoms with Gasteiger partial charge in [0.05, 0.1) is 5.56 Å². The number of rotatable bonds is 8. The van der Waals surface area contributed by atoms with Gasteiger partial charge >= 0.3 is 47.6 Å². The molecule has 0 fully saturated rings. The summed E-state index contributed by atoms with van der Waals surface area (Å²) in [7, 11) is 0. The predicted molar refractivity (Wildman–Crippen MR) is 102 cm³/mol. The number of benzene rings is 1. The van der Waals surface area contributed by atoms with E-state index in [4.69, 9.17) is 25.8 Å². The quantitative estimate of drug-likeness (QED) is 0.231. The monoisotopic (exact) mass is 416 g/mol. The van der Waals surface area contributed by atoms with E-state index in [9.17, 15) is 14.4 Å². The summed E-state index contributed by atoms with van der Waals surface area (Å²) in [6.45, 7) is -0.330. The molecule has 1 amide bonds. The second-order valence-electron chi connectivity index (χ2n) is 5.18. The summed E-state index contributed by atoms with van der Waals surface area (Å²) in [5, 5.41) is 2.98. The summed E-state index contributed by atoms with van der Waals surface area (Å²) in [6, 6.07) is 9.51. The average molecular weight is 417 g/mol. The zero-order chi connectivity index (χ0) is 19.5. The van der Waals surface area contributed by atoms with Gasteiger partial charge in [-0.1, -0.05) is 11.6 Å². The number of hydrogen-bond donors (Lipinski definition) is 1. The Labute approximate surface area is 188 Å². The number of ether oxygens (including phenoxy) is 3. The molecule has 28 heavy (non-hydrogen) atoms. The first kappa shape index (κ1) is 23.9. The van der Waals surface area contributed by atoms with E-state index < -0.39 is 24.8 Å². The van der Waals surface area contributed by atoms with E-state index in [2.05, 4.69) is 10.3 Å². The molecule has 2 aromatic rings. The minimum absolute atomic E-state index is 0. The molecule has 1 aromatic carbocycles. The molecule has 0 aliphatic rings. The van der Waals surface area contributed by atoms with Gasteiger partial charge in [-0.3, -0.25) is 9.78 Å². The van der Waals surface area contributed by atoms with Crippen LogP contribution in [0, 0.1) is 0 Å². The van der Waals surface area contributed by atoms with Crippen LogP contribution in [0.2, 0.25) is 5.02 Å². The fourth-order valence-electron chi connectivity index (χ4n) is 1.86. The van der Waals surface area contributed by atoms with Crippen molar-refractivity contribution in [2.45, 2.75) is 12.8 Å². The van der Waals surface area contributed by atoms with Gasteiger partial charge in [0.2, 0.25) is 6.79 Å². The number of aromatic nitrogens is 1. The third-order valence-corrected chi connectivity index (χ3v) is 3.40. The Morgan fingerprint density at radius 1 is 1.07 bits per heavy atom. The molecule has 1 aromatic heterocycles. The van der Waals surface area contributed by atoms with Crippen LogP contribution in [-0.4, -0.2) is 65.9 Å². The summed E-state index contributed by atoms with van der Waals surface area (Å²) in [4.78, 5) is 38.5. The Kier molecular flexibility index (Phi) is 11.2. The molecule has 0 bridgehead atoms. The fourth-order valence-corrected chi connectivity index (χ4v) is 1.99. The molecule has 8 nitrogen and oxygen atoms in total. The van der Waals surface area contributed by atoms with Crippen LogP contribution < -0.4 is 10.1 Å². The third-order valence-electron chi connectivity index (χ3n) is 3.15. The molecular formula is C18H18ClN2NaO6. The fraction of sp³-hybridized carbons (Fsp3) is 0.222. The number of nitrogens with zero attached hydrogens (tertiary/aromatic N) is 1. The van der Waals surface area contributed by atoms with Crippen LogP contribution in [-0.2, 0) is 14.3 Å². The van der Waals surface area contributed by atoms with Crippen LogP contribution >= 0.6 is 11.6 Å². The van der Waals surface area contributed by atoms with Gasteiger partial charge in [0.25, 0.3) is 0 Å². The SMILES string of the molecule is O=C(CCCNC(=O)OCOC(=O)c1cccnc1)Oc1ccc(Cl)cc1.[NaH]. The number of halogens is 1. The molecule has 0 aliphatic heterocycles. The van der Waals surface area contributed by atoms with Crippen molar-refractivity contribution >= 4 is 59.2 Å². The van der Waals surface area contributed by atoms with Gasteiger partial charge in [-0.2, -0.15) is 0 Å². The van der Waals surface area contributed by atoms with Crippen LogP contribution in [0.5, 0.6) is 5.75 Å². The van der Waals surface area contributed by atoms with Crippen molar-refractivity contribution in [1.29, 1.82) is 0 Å². The number of carbonyl (C=O) groups excluding carboxylic acids is 3. The van der Waals surface area contributed by atoms with Crippen molar-refractivity contribution in [2.75, 3.05) is 13.3 Å². The summed E-state index contributed by atoms with van der Waals surface area (Å²) < 4.78 is 14.6. The second kappa shape index (κ2) is 13.1. The first-order valence-electron chi connectivity index (χ1n) is 7.98. The number of carbonyl (C=O) groups is 3. The van der Waals surface area contributed by atoms with Gasteiger partial charge in [0.15, 0.2) is 0 Å². The van der Waals surface area contributed by atoms with Gasteiger partial charge in [-0.25, -0.2) is 9.59 Å². The zero-order valence-corrected chi connectivity index (χ0v) is 15.0. The molecule has 144 valence electrons. The van der Waals surface area contributed by atoms with Gasteiger partial charge in [-0.05, 0) is 42.8 Å². The third kappa shape index (κ3) is 9.18. The van der Waals surface area contributed by atoms with E-state index in [0.29, 0.717) is 17.2 Å². The van der Waals surface area contributed by atoms with E-state index in [1.807, 2.05) is 0 Å². The molecule has 0 atom stereocenters. The maximum atomic E-state index is 11.7. The van der Waals surface area contributed by atoms with Crippen molar-refractivity contribution in [3.63, 3.8) is 0 Å². The average Bonchev–Trinajstić information content (AvgIpc) is 2.67. The summed E-state index contributed by atoms with van der Waals surface area (Å²) in [5.41, 5.74) is 0.251. The van der Waals surface area contributed by atoms with Crippen molar-refractivity contribution in [1.82, 2.24) is 10.3 Å². The van der Waals surface area contributed by atoms with E-state index in [0.717, 1.165) is 0 Å². The molecule has 0 saturated carbocycles. The van der Waals surface area contributed by atoms with Crippen LogP contribution in [0.3, 0.4) is 0 Å². The molecule has 2 rings (SSSR count). The number of alkyl carbamates (subject to hydrolysis) is 1. The molecular weight excluding hydrogens is 399 g/mol. The first-order valence-corrected chi connectivity index (χ1v) is 8.36. The van der Waals surface area contributed by atoms with Crippen molar-refractivity contribution in [2.24, 2.45) is 0 Å². The number of esters is 2. The van der Waals surface area contributed by atoms with Gasteiger partial charge in [0.1, 0.15) is 5.75 Å². The number of nitrogens with one attached hydrogen (secondary N) is 1. The molecule has 0 radical (unpaired) electrons. The zero-order valence-electron chi connectivity index (χ0n) is 14.2. The summed E-state index contributed by atoms with van der Waals surface area (Å²) in [5.74, 6) is -0.689. The summed E-state index contributed by atoms with van der Waals surface area (Å²) in [6.07, 6.45) is 2.56. The molecule has 1 N–H and O–H groups in total. The maximum absolute atomic E-state index is 11.7. The van der Waals surface area contributed by atoms with Crippen LogP contribution in [0.25, 0.3) is 0 Å². The first-order chi connectivity index (χ1) is 13.0. The topological polar surface area (TPSA) is 104 Å². The number of hydrogen-bond acceptors (Lipinski definition) is 7. The van der Waals surface area contributed by atoms with Gasteiger partial charge in [-0.15, -0.1) is 0 Å². The normalized spacial score (nSPS) is 9.61. The molecule has 0 unspecified atom stereocenters.